The van der Waals surface area contributed by atoms with E-state index in [2.05, 4.69) is 5.32 Å². The molecule has 5 heteroatoms. The molecule has 0 saturated heterocycles. The molecule has 1 unspecified atom stereocenters. The molecule has 0 aliphatic rings. The molecule has 0 fully saturated rings. The van der Waals surface area contributed by atoms with Crippen molar-refractivity contribution >= 4 is 23.6 Å². The molecule has 0 aromatic heterocycles. The molecule has 2 atom stereocenters. The number of carboxylic acid groups (broad SMARTS) is 1. The molecule has 0 saturated carbocycles. The Hall–Kier alpha value is -1.49. The number of carboxylic acids is 1. The van der Waals surface area contributed by atoms with Crippen LogP contribution in [0.15, 0.2) is 30.3 Å². The Kier molecular flexibility index (Phi) is 6.42. The van der Waals surface area contributed by atoms with E-state index in [1.165, 1.54) is 0 Å². The Morgan fingerprint density at radius 3 is 2.47 bits per heavy atom. The first-order valence-electron chi connectivity index (χ1n) is 6.13. The Morgan fingerprint density at radius 1 is 1.32 bits per heavy atom. The largest absolute Gasteiger partial charge is 0.480 e. The topological polar surface area (TPSA) is 66.4 Å². The average molecular weight is 281 g/mol. The summed E-state index contributed by atoms with van der Waals surface area (Å²) in [7, 11) is 0. The van der Waals surface area contributed by atoms with Gasteiger partial charge in [-0.05, 0) is 30.9 Å². The monoisotopic (exact) mass is 281 g/mol. The average Bonchev–Trinajstić information content (AvgIpc) is 2.43. The smallest absolute Gasteiger partial charge is 0.326 e. The maximum absolute atomic E-state index is 12.0. The third kappa shape index (κ3) is 4.95. The molecule has 19 heavy (non-hydrogen) atoms. The molecule has 0 bridgehead atoms. The standard InChI is InChI=1S/C14H19NO3S/c1-10(11-6-4-3-5-7-11)13(16)15-12(14(17)18)8-9-19-2/h3-7,10,12H,8-9H2,1-2H3,(H,15,16)(H,17,18)/t10?,12-/m0/s1. The van der Waals surface area contributed by atoms with E-state index in [0.717, 1.165) is 5.56 Å². The number of benzene rings is 1. The SMILES string of the molecule is CSCC[C@H](NC(=O)C(C)c1ccccc1)C(=O)O. The van der Waals surface area contributed by atoms with Crippen molar-refractivity contribution in [3.63, 3.8) is 0 Å². The number of hydrogen-bond acceptors (Lipinski definition) is 3. The molecule has 0 spiro atoms. The summed E-state index contributed by atoms with van der Waals surface area (Å²) in [5.41, 5.74) is 0.883. The second-order valence-corrected chi connectivity index (χ2v) is 5.30. The van der Waals surface area contributed by atoms with Crippen LogP contribution >= 0.6 is 11.8 Å². The van der Waals surface area contributed by atoms with Gasteiger partial charge in [-0.3, -0.25) is 4.79 Å². The van der Waals surface area contributed by atoms with Crippen molar-refractivity contribution in [3.8, 4) is 0 Å². The molecule has 1 amide bonds. The highest BCUT2D eigenvalue weighted by Crippen LogP contribution is 2.15. The molecular formula is C14H19NO3S. The van der Waals surface area contributed by atoms with Crippen LogP contribution in [0.25, 0.3) is 0 Å². The normalized spacial score (nSPS) is 13.6. The molecule has 1 aromatic carbocycles. The molecule has 4 nitrogen and oxygen atoms in total. The first-order valence-corrected chi connectivity index (χ1v) is 7.52. The number of hydrogen-bond donors (Lipinski definition) is 2. The van der Waals surface area contributed by atoms with Crippen molar-refractivity contribution in [2.75, 3.05) is 12.0 Å². The van der Waals surface area contributed by atoms with Gasteiger partial charge in [0.2, 0.25) is 5.91 Å². The maximum atomic E-state index is 12.0. The van der Waals surface area contributed by atoms with Crippen LogP contribution < -0.4 is 5.32 Å². The van der Waals surface area contributed by atoms with Gasteiger partial charge in [-0.1, -0.05) is 30.3 Å². The van der Waals surface area contributed by atoms with Gasteiger partial charge in [0.25, 0.3) is 0 Å². The lowest BCUT2D eigenvalue weighted by Gasteiger charge is -2.17. The zero-order valence-electron chi connectivity index (χ0n) is 11.1. The molecule has 104 valence electrons. The summed E-state index contributed by atoms with van der Waals surface area (Å²) in [6, 6.07) is 8.52. The van der Waals surface area contributed by atoms with E-state index in [0.29, 0.717) is 12.2 Å². The Bertz CT molecular complexity index is 422. The van der Waals surface area contributed by atoms with Crippen LogP contribution in [-0.2, 0) is 9.59 Å². The van der Waals surface area contributed by atoms with Gasteiger partial charge in [0.15, 0.2) is 0 Å². The van der Waals surface area contributed by atoms with E-state index in [9.17, 15) is 9.59 Å². The van der Waals surface area contributed by atoms with Crippen molar-refractivity contribution in [1.82, 2.24) is 5.32 Å². The number of rotatable bonds is 7. The second kappa shape index (κ2) is 7.84. The number of amides is 1. The molecule has 0 aliphatic carbocycles. The van der Waals surface area contributed by atoms with E-state index in [4.69, 9.17) is 5.11 Å². The first kappa shape index (κ1) is 15.6. The lowest BCUT2D eigenvalue weighted by Crippen LogP contribution is -2.42. The third-order valence-corrected chi connectivity index (χ3v) is 3.56. The summed E-state index contributed by atoms with van der Waals surface area (Å²) >= 11 is 1.56. The minimum atomic E-state index is -0.984. The molecule has 0 aliphatic heterocycles. The van der Waals surface area contributed by atoms with Gasteiger partial charge in [-0.2, -0.15) is 11.8 Å². The summed E-state index contributed by atoms with van der Waals surface area (Å²) in [6.07, 6.45) is 2.34. The summed E-state index contributed by atoms with van der Waals surface area (Å²) in [4.78, 5) is 23.1. The molecular weight excluding hydrogens is 262 g/mol. The Morgan fingerprint density at radius 2 is 1.95 bits per heavy atom. The van der Waals surface area contributed by atoms with E-state index < -0.39 is 12.0 Å². The Labute approximate surface area is 117 Å². The van der Waals surface area contributed by atoms with Crippen molar-refractivity contribution in [3.05, 3.63) is 35.9 Å². The van der Waals surface area contributed by atoms with Crippen molar-refractivity contribution in [1.29, 1.82) is 0 Å². The van der Waals surface area contributed by atoms with E-state index in [1.54, 1.807) is 18.7 Å². The van der Waals surface area contributed by atoms with E-state index in [1.807, 2.05) is 36.6 Å². The number of carbonyl (C=O) groups is 2. The zero-order chi connectivity index (χ0) is 14.3. The highest BCUT2D eigenvalue weighted by molar-refractivity contribution is 7.98. The summed E-state index contributed by atoms with van der Waals surface area (Å²) < 4.78 is 0. The van der Waals surface area contributed by atoms with Crippen LogP contribution in [0, 0.1) is 0 Å². The number of nitrogens with one attached hydrogen (secondary N) is 1. The van der Waals surface area contributed by atoms with Gasteiger partial charge in [0.05, 0.1) is 5.92 Å². The van der Waals surface area contributed by atoms with Crippen LogP contribution in [0.3, 0.4) is 0 Å². The van der Waals surface area contributed by atoms with Crippen LogP contribution in [0.2, 0.25) is 0 Å². The van der Waals surface area contributed by atoms with Crippen LogP contribution in [0.5, 0.6) is 0 Å². The fraction of sp³-hybridized carbons (Fsp3) is 0.429. The molecule has 2 N–H and O–H groups in total. The van der Waals surface area contributed by atoms with E-state index in [-0.39, 0.29) is 11.8 Å². The van der Waals surface area contributed by atoms with E-state index >= 15 is 0 Å². The van der Waals surface area contributed by atoms with Crippen molar-refractivity contribution < 1.29 is 14.7 Å². The van der Waals surface area contributed by atoms with Crippen LogP contribution in [-0.4, -0.2) is 35.0 Å². The lowest BCUT2D eigenvalue weighted by molar-refractivity contribution is -0.142. The number of thioether (sulfide) groups is 1. The predicted octanol–water partition coefficient (Wildman–Crippen LogP) is 2.11. The predicted molar refractivity (Wildman–Crippen MR) is 77.4 cm³/mol. The second-order valence-electron chi connectivity index (χ2n) is 4.31. The van der Waals surface area contributed by atoms with Crippen LogP contribution in [0.1, 0.15) is 24.8 Å². The Balaban J connectivity index is 2.64. The fourth-order valence-electron chi connectivity index (χ4n) is 1.68. The summed E-state index contributed by atoms with van der Waals surface area (Å²) in [5.74, 6) is -0.878. The van der Waals surface area contributed by atoms with Crippen molar-refractivity contribution in [2.24, 2.45) is 0 Å². The summed E-state index contributed by atoms with van der Waals surface area (Å²) in [5, 5.41) is 11.7. The molecule has 1 rings (SSSR count). The quantitative estimate of drug-likeness (QED) is 0.803. The molecule has 0 radical (unpaired) electrons. The van der Waals surface area contributed by atoms with Gasteiger partial charge in [0.1, 0.15) is 6.04 Å². The maximum Gasteiger partial charge on any atom is 0.326 e. The molecule has 1 aromatic rings. The lowest BCUT2D eigenvalue weighted by atomic mass is 10.00. The number of aliphatic carboxylic acids is 1. The van der Waals surface area contributed by atoms with Crippen LogP contribution in [0.4, 0.5) is 0 Å². The van der Waals surface area contributed by atoms with Gasteiger partial charge in [-0.25, -0.2) is 4.79 Å². The third-order valence-electron chi connectivity index (χ3n) is 2.92. The first-order chi connectivity index (χ1) is 9.06. The highest BCUT2D eigenvalue weighted by atomic mass is 32.2. The zero-order valence-corrected chi connectivity index (χ0v) is 11.9. The molecule has 0 heterocycles. The van der Waals surface area contributed by atoms with Gasteiger partial charge in [0, 0.05) is 0 Å². The summed E-state index contributed by atoms with van der Waals surface area (Å²) in [6.45, 7) is 1.78. The van der Waals surface area contributed by atoms with Gasteiger partial charge < -0.3 is 10.4 Å². The number of carbonyl (C=O) groups excluding carboxylic acids is 1. The highest BCUT2D eigenvalue weighted by Gasteiger charge is 2.23. The van der Waals surface area contributed by atoms with Gasteiger partial charge >= 0.3 is 5.97 Å². The fourth-order valence-corrected chi connectivity index (χ4v) is 2.15. The minimum absolute atomic E-state index is 0.250. The van der Waals surface area contributed by atoms with Gasteiger partial charge in [-0.15, -0.1) is 0 Å². The van der Waals surface area contributed by atoms with Crippen molar-refractivity contribution in [2.45, 2.75) is 25.3 Å². The minimum Gasteiger partial charge on any atom is -0.480 e.